The van der Waals surface area contributed by atoms with Gasteiger partial charge in [0.05, 0.1) is 6.54 Å². The molecule has 0 bridgehead atoms. The highest BCUT2D eigenvalue weighted by atomic mass is 16.1. The van der Waals surface area contributed by atoms with Gasteiger partial charge in [0.2, 0.25) is 5.91 Å². The molecular weight excluding hydrogens is 212 g/mol. The quantitative estimate of drug-likeness (QED) is 0.849. The number of nitrogens with zero attached hydrogens (tertiary/aromatic N) is 1. The normalized spacial score (nSPS) is 14.5. The van der Waals surface area contributed by atoms with Crippen molar-refractivity contribution in [2.75, 3.05) is 13.1 Å². The van der Waals surface area contributed by atoms with Crippen molar-refractivity contribution in [3.05, 3.63) is 34.9 Å². The van der Waals surface area contributed by atoms with Crippen LogP contribution in [0.15, 0.2) is 18.2 Å². The summed E-state index contributed by atoms with van der Waals surface area (Å²) in [5.74, 6) is -0.244. The zero-order chi connectivity index (χ0) is 12.8. The molecule has 1 aliphatic heterocycles. The van der Waals surface area contributed by atoms with Crippen molar-refractivity contribution >= 4 is 5.91 Å². The lowest BCUT2D eigenvalue weighted by atomic mass is 9.98. The van der Waals surface area contributed by atoms with E-state index < -0.39 is 0 Å². The molecule has 1 heterocycles. The van der Waals surface area contributed by atoms with E-state index in [4.69, 9.17) is 5.73 Å². The van der Waals surface area contributed by atoms with Crippen molar-refractivity contribution in [3.63, 3.8) is 0 Å². The fourth-order valence-corrected chi connectivity index (χ4v) is 2.10. The third-order valence-corrected chi connectivity index (χ3v) is 2.83. The molecule has 0 unspecified atom stereocenters. The average Bonchev–Trinajstić information content (AvgIpc) is 2.30. The van der Waals surface area contributed by atoms with Crippen molar-refractivity contribution in [2.45, 2.75) is 33.7 Å². The van der Waals surface area contributed by atoms with Gasteiger partial charge >= 0.3 is 0 Å². The monoisotopic (exact) mass is 234 g/mol. The summed E-state index contributed by atoms with van der Waals surface area (Å²) in [4.78, 5) is 12.9. The first kappa shape index (κ1) is 13.7. The zero-order valence-electron chi connectivity index (χ0n) is 11.0. The van der Waals surface area contributed by atoms with E-state index in [1.54, 1.807) is 0 Å². The number of primary amides is 1. The molecule has 0 aliphatic carbocycles. The van der Waals surface area contributed by atoms with Crippen molar-refractivity contribution < 1.29 is 4.79 Å². The van der Waals surface area contributed by atoms with Crippen LogP contribution in [0.2, 0.25) is 0 Å². The van der Waals surface area contributed by atoms with Gasteiger partial charge in [0.25, 0.3) is 0 Å². The molecule has 2 rings (SSSR count). The Morgan fingerprint density at radius 3 is 2.71 bits per heavy atom. The summed E-state index contributed by atoms with van der Waals surface area (Å²) in [6.45, 7) is 8.24. The van der Waals surface area contributed by atoms with Gasteiger partial charge in [-0.05, 0) is 24.5 Å². The van der Waals surface area contributed by atoms with E-state index in [1.807, 2.05) is 13.8 Å². The van der Waals surface area contributed by atoms with Gasteiger partial charge in [-0.15, -0.1) is 0 Å². The molecule has 3 nitrogen and oxygen atoms in total. The molecular formula is C14H22N2O. The summed E-state index contributed by atoms with van der Waals surface area (Å²) in [7, 11) is 0. The standard InChI is InChI=1S/C12H16N2O.C2H6/c1-9-2-3-10-4-5-14(8-12(13)15)7-11(10)6-9;1-2/h2-3,6H,4-5,7-8H2,1H3,(H2,13,15);1-2H3. The van der Waals surface area contributed by atoms with Crippen LogP contribution in [-0.2, 0) is 17.8 Å². The molecule has 0 fully saturated rings. The fraction of sp³-hybridized carbons (Fsp3) is 0.500. The van der Waals surface area contributed by atoms with Crippen LogP contribution in [0.25, 0.3) is 0 Å². The third kappa shape index (κ3) is 3.86. The van der Waals surface area contributed by atoms with Crippen molar-refractivity contribution in [2.24, 2.45) is 5.73 Å². The smallest absolute Gasteiger partial charge is 0.231 e. The van der Waals surface area contributed by atoms with E-state index in [9.17, 15) is 4.79 Å². The van der Waals surface area contributed by atoms with Crippen molar-refractivity contribution in [1.82, 2.24) is 4.90 Å². The lowest BCUT2D eigenvalue weighted by Crippen LogP contribution is -2.37. The highest BCUT2D eigenvalue weighted by molar-refractivity contribution is 5.75. The summed E-state index contributed by atoms with van der Waals surface area (Å²) in [5.41, 5.74) is 9.21. The van der Waals surface area contributed by atoms with Crippen LogP contribution >= 0.6 is 0 Å². The summed E-state index contributed by atoms with van der Waals surface area (Å²) in [6.07, 6.45) is 1.02. The van der Waals surface area contributed by atoms with Gasteiger partial charge in [-0.2, -0.15) is 0 Å². The van der Waals surface area contributed by atoms with E-state index in [2.05, 4.69) is 30.0 Å². The highest BCUT2D eigenvalue weighted by Crippen LogP contribution is 2.19. The summed E-state index contributed by atoms with van der Waals surface area (Å²) < 4.78 is 0. The van der Waals surface area contributed by atoms with Crippen LogP contribution < -0.4 is 5.73 Å². The lowest BCUT2D eigenvalue weighted by molar-refractivity contribution is -0.119. The number of hydrogen-bond donors (Lipinski definition) is 1. The minimum Gasteiger partial charge on any atom is -0.369 e. The molecule has 0 radical (unpaired) electrons. The predicted molar refractivity (Wildman–Crippen MR) is 70.7 cm³/mol. The summed E-state index contributed by atoms with van der Waals surface area (Å²) in [6, 6.07) is 6.53. The molecule has 1 aromatic rings. The zero-order valence-corrected chi connectivity index (χ0v) is 11.0. The maximum absolute atomic E-state index is 10.8. The molecule has 0 spiro atoms. The molecule has 1 aromatic carbocycles. The first-order valence-corrected chi connectivity index (χ1v) is 6.24. The van der Waals surface area contributed by atoms with Gasteiger partial charge in [0, 0.05) is 13.1 Å². The van der Waals surface area contributed by atoms with Gasteiger partial charge < -0.3 is 5.73 Å². The minimum atomic E-state index is -0.244. The first-order chi connectivity index (χ1) is 8.15. The van der Waals surface area contributed by atoms with Gasteiger partial charge in [-0.25, -0.2) is 0 Å². The largest absolute Gasteiger partial charge is 0.369 e. The molecule has 1 aliphatic rings. The number of fused-ring (bicyclic) bond motifs is 1. The second-order valence-electron chi connectivity index (χ2n) is 4.20. The molecule has 1 amide bonds. The van der Waals surface area contributed by atoms with E-state index in [0.717, 1.165) is 19.5 Å². The Hall–Kier alpha value is -1.35. The SMILES string of the molecule is CC.Cc1ccc2c(c1)CN(CC(N)=O)CC2. The third-order valence-electron chi connectivity index (χ3n) is 2.83. The highest BCUT2D eigenvalue weighted by Gasteiger charge is 2.16. The molecule has 17 heavy (non-hydrogen) atoms. The second-order valence-corrected chi connectivity index (χ2v) is 4.20. The molecule has 94 valence electrons. The number of nitrogens with two attached hydrogens (primary N) is 1. The number of rotatable bonds is 2. The summed E-state index contributed by atoms with van der Waals surface area (Å²) in [5, 5.41) is 0. The molecule has 0 saturated heterocycles. The van der Waals surface area contributed by atoms with Crippen molar-refractivity contribution in [3.8, 4) is 0 Å². The van der Waals surface area contributed by atoms with Gasteiger partial charge in [-0.3, -0.25) is 9.69 Å². The van der Waals surface area contributed by atoms with Crippen LogP contribution in [0, 0.1) is 6.92 Å². The van der Waals surface area contributed by atoms with Gasteiger partial charge in [0.1, 0.15) is 0 Å². The fourth-order valence-electron chi connectivity index (χ4n) is 2.10. The van der Waals surface area contributed by atoms with E-state index >= 15 is 0 Å². The maximum atomic E-state index is 10.8. The maximum Gasteiger partial charge on any atom is 0.231 e. The lowest BCUT2D eigenvalue weighted by Gasteiger charge is -2.27. The molecule has 3 heteroatoms. The van der Waals surface area contributed by atoms with Crippen LogP contribution in [-0.4, -0.2) is 23.9 Å². The second kappa shape index (κ2) is 6.40. The Balaban J connectivity index is 0.000000686. The van der Waals surface area contributed by atoms with Crippen LogP contribution in [0.4, 0.5) is 0 Å². The van der Waals surface area contributed by atoms with E-state index in [-0.39, 0.29) is 5.91 Å². The Labute approximate surface area is 104 Å². The Morgan fingerprint density at radius 1 is 1.35 bits per heavy atom. The number of benzene rings is 1. The number of amides is 1. The van der Waals surface area contributed by atoms with Gasteiger partial charge in [0.15, 0.2) is 0 Å². The number of aryl methyl sites for hydroxylation is 1. The van der Waals surface area contributed by atoms with E-state index in [1.165, 1.54) is 16.7 Å². The molecule has 0 atom stereocenters. The van der Waals surface area contributed by atoms with E-state index in [0.29, 0.717) is 6.54 Å². The molecule has 2 N–H and O–H groups in total. The number of carbonyl (C=O) groups excluding carboxylic acids is 1. The first-order valence-electron chi connectivity index (χ1n) is 6.24. The van der Waals surface area contributed by atoms with Crippen LogP contribution in [0.1, 0.15) is 30.5 Å². The predicted octanol–water partition coefficient (Wildman–Crippen LogP) is 1.86. The van der Waals surface area contributed by atoms with Crippen LogP contribution in [0.3, 0.4) is 0 Å². The topological polar surface area (TPSA) is 46.3 Å². The number of hydrogen-bond acceptors (Lipinski definition) is 2. The molecule has 0 saturated carbocycles. The Bertz CT molecular complexity index is 388. The Kier molecular flexibility index (Phi) is 5.16. The minimum absolute atomic E-state index is 0.244. The molecule has 0 aromatic heterocycles. The van der Waals surface area contributed by atoms with Crippen LogP contribution in [0.5, 0.6) is 0 Å². The number of carbonyl (C=O) groups is 1. The van der Waals surface area contributed by atoms with Gasteiger partial charge in [-0.1, -0.05) is 37.6 Å². The Morgan fingerprint density at radius 2 is 2.06 bits per heavy atom. The average molecular weight is 234 g/mol. The summed E-state index contributed by atoms with van der Waals surface area (Å²) >= 11 is 0. The van der Waals surface area contributed by atoms with Crippen molar-refractivity contribution in [1.29, 1.82) is 0 Å².